The van der Waals surface area contributed by atoms with Gasteiger partial charge in [-0.1, -0.05) is 50.6 Å². The molecule has 2 unspecified atom stereocenters. The molecule has 0 saturated heterocycles. The molecule has 6 atom stereocenters. The average molecular weight is 625 g/mol. The van der Waals surface area contributed by atoms with Crippen LogP contribution in [0.3, 0.4) is 0 Å². The topological polar surface area (TPSA) is 60.7 Å². The molecule has 0 aromatic carbocycles. The Kier molecular flexibility index (Phi) is 10.5. The van der Waals surface area contributed by atoms with Crippen molar-refractivity contribution in [3.05, 3.63) is 47.6 Å². The van der Waals surface area contributed by atoms with E-state index in [-0.39, 0.29) is 36.2 Å². The van der Waals surface area contributed by atoms with Crippen molar-refractivity contribution < 1.29 is 46.1 Å². The molecule has 0 radical (unpaired) electrons. The molecule has 3 fully saturated rings. The minimum Gasteiger partial charge on any atom is -0.393 e. The van der Waals surface area contributed by atoms with Crippen molar-refractivity contribution in [1.29, 1.82) is 0 Å². The van der Waals surface area contributed by atoms with Crippen LogP contribution in [-0.2, 0) is 0 Å². The van der Waals surface area contributed by atoms with Crippen molar-refractivity contribution in [2.45, 2.75) is 134 Å². The minimum absolute atomic E-state index is 0.0267. The van der Waals surface area contributed by atoms with Crippen LogP contribution in [-0.4, -0.2) is 51.1 Å². The van der Waals surface area contributed by atoms with Crippen LogP contribution in [0.15, 0.2) is 47.6 Å². The molecule has 246 valence electrons. The fraction of sp³-hybridized carbons (Fsp3) is 0.758. The molecule has 0 spiro atoms. The summed E-state index contributed by atoms with van der Waals surface area (Å²) in [7, 11) is 0. The molecular formula is C33H47F7O3. The number of halogens is 7. The Hall–Kier alpha value is -1.65. The molecular weight excluding hydrogens is 577 g/mol. The Morgan fingerprint density at radius 3 is 2.19 bits per heavy atom. The molecule has 0 aromatic rings. The highest BCUT2D eigenvalue weighted by Crippen LogP contribution is 2.64. The van der Waals surface area contributed by atoms with Gasteiger partial charge in [0.25, 0.3) is 5.60 Å². The van der Waals surface area contributed by atoms with E-state index in [0.717, 1.165) is 38.2 Å². The van der Waals surface area contributed by atoms with Gasteiger partial charge in [-0.05, 0) is 112 Å². The summed E-state index contributed by atoms with van der Waals surface area (Å²) in [5, 5.41) is 30.0. The summed E-state index contributed by atoms with van der Waals surface area (Å²) < 4.78 is 94.4. The Bertz CT molecular complexity index is 1080. The second-order valence-corrected chi connectivity index (χ2v) is 14.3. The zero-order valence-corrected chi connectivity index (χ0v) is 25.6. The molecule has 10 heteroatoms. The molecule has 0 aliphatic heterocycles. The lowest BCUT2D eigenvalue weighted by molar-refractivity contribution is -0.347. The number of aliphatic hydroxyl groups is 3. The second-order valence-electron chi connectivity index (χ2n) is 14.3. The zero-order chi connectivity index (χ0) is 32.6. The SMILES string of the molecule is C=C1/C(=C\C=C2/CCC[C@@]3(C)C2CC[C@@H]3[C@](C)(C/C=C\C(O)(C(F)(F)F)C(F)(F)F)CCCC(C)(C)O)CC(O)C[C@@H]1F. The van der Waals surface area contributed by atoms with Crippen molar-refractivity contribution in [2.75, 3.05) is 0 Å². The van der Waals surface area contributed by atoms with Gasteiger partial charge in [0.15, 0.2) is 0 Å². The van der Waals surface area contributed by atoms with E-state index in [1.807, 2.05) is 19.1 Å². The maximum Gasteiger partial charge on any atom is 0.429 e. The second kappa shape index (κ2) is 12.6. The van der Waals surface area contributed by atoms with Crippen molar-refractivity contribution in [2.24, 2.45) is 22.7 Å². The third-order valence-electron chi connectivity index (χ3n) is 10.4. The molecule has 43 heavy (non-hydrogen) atoms. The Morgan fingerprint density at radius 1 is 0.977 bits per heavy atom. The Morgan fingerprint density at radius 2 is 1.60 bits per heavy atom. The molecule has 3 aliphatic rings. The fourth-order valence-corrected chi connectivity index (χ4v) is 8.01. The van der Waals surface area contributed by atoms with E-state index in [4.69, 9.17) is 0 Å². The molecule has 3 aliphatic carbocycles. The number of rotatable bonds is 9. The summed E-state index contributed by atoms with van der Waals surface area (Å²) in [5.74, 6) is 0.0882. The highest BCUT2D eigenvalue weighted by Gasteiger charge is 2.69. The van der Waals surface area contributed by atoms with Gasteiger partial charge < -0.3 is 15.3 Å². The Labute approximate surface area is 250 Å². The average Bonchev–Trinajstić information content (AvgIpc) is 3.21. The van der Waals surface area contributed by atoms with Gasteiger partial charge >= 0.3 is 12.4 Å². The first-order valence-electron chi connectivity index (χ1n) is 15.2. The van der Waals surface area contributed by atoms with Gasteiger partial charge in [0.2, 0.25) is 0 Å². The van der Waals surface area contributed by atoms with Gasteiger partial charge in [-0.2, -0.15) is 26.3 Å². The number of fused-ring (bicyclic) bond motifs is 1. The van der Waals surface area contributed by atoms with Crippen LogP contribution in [0.1, 0.15) is 98.3 Å². The molecule has 3 nitrogen and oxygen atoms in total. The van der Waals surface area contributed by atoms with E-state index in [1.165, 1.54) is 5.57 Å². The summed E-state index contributed by atoms with van der Waals surface area (Å²) in [5.41, 5.74) is -4.69. The van der Waals surface area contributed by atoms with E-state index in [1.54, 1.807) is 13.8 Å². The number of aliphatic hydroxyl groups excluding tert-OH is 1. The smallest absolute Gasteiger partial charge is 0.393 e. The maximum atomic E-state index is 14.3. The van der Waals surface area contributed by atoms with Crippen LogP contribution in [0, 0.1) is 22.7 Å². The number of alkyl halides is 7. The number of hydrogen-bond acceptors (Lipinski definition) is 3. The van der Waals surface area contributed by atoms with Crippen LogP contribution < -0.4 is 0 Å². The summed E-state index contributed by atoms with van der Waals surface area (Å²) in [6.07, 6.45) is -3.71. The first-order valence-corrected chi connectivity index (χ1v) is 15.2. The van der Waals surface area contributed by atoms with Crippen LogP contribution in [0.5, 0.6) is 0 Å². The van der Waals surface area contributed by atoms with Crippen molar-refractivity contribution in [3.63, 3.8) is 0 Å². The van der Waals surface area contributed by atoms with Gasteiger partial charge in [0.05, 0.1) is 11.7 Å². The minimum atomic E-state index is -5.93. The highest BCUT2D eigenvalue weighted by molar-refractivity contribution is 5.39. The fourth-order valence-electron chi connectivity index (χ4n) is 8.01. The van der Waals surface area contributed by atoms with Crippen LogP contribution in [0.4, 0.5) is 30.7 Å². The van der Waals surface area contributed by atoms with Gasteiger partial charge in [-0.3, -0.25) is 0 Å². The first kappa shape index (κ1) is 35.8. The van der Waals surface area contributed by atoms with E-state index < -0.39 is 41.2 Å². The van der Waals surface area contributed by atoms with Gasteiger partial charge in [-0.25, -0.2) is 4.39 Å². The summed E-state index contributed by atoms with van der Waals surface area (Å²) in [6.45, 7) is 11.2. The van der Waals surface area contributed by atoms with E-state index >= 15 is 0 Å². The molecule has 0 aromatic heterocycles. The largest absolute Gasteiger partial charge is 0.429 e. The molecule has 3 saturated carbocycles. The zero-order valence-electron chi connectivity index (χ0n) is 25.6. The molecule has 3 rings (SSSR count). The predicted molar refractivity (Wildman–Crippen MR) is 153 cm³/mol. The van der Waals surface area contributed by atoms with Crippen LogP contribution in [0.25, 0.3) is 0 Å². The Balaban J connectivity index is 1.93. The lowest BCUT2D eigenvalue weighted by atomic mass is 9.55. The van der Waals surface area contributed by atoms with Gasteiger partial charge in [0.1, 0.15) is 6.17 Å². The lowest BCUT2D eigenvalue weighted by Gasteiger charge is -2.49. The van der Waals surface area contributed by atoms with Crippen LogP contribution >= 0.6 is 0 Å². The maximum absolute atomic E-state index is 14.3. The molecule has 0 amide bonds. The first-order chi connectivity index (χ1) is 19.5. The lowest BCUT2D eigenvalue weighted by Crippen LogP contribution is -2.55. The van der Waals surface area contributed by atoms with Crippen molar-refractivity contribution >= 4 is 0 Å². The number of allylic oxidation sites excluding steroid dienone is 5. The van der Waals surface area contributed by atoms with Crippen molar-refractivity contribution in [3.8, 4) is 0 Å². The highest BCUT2D eigenvalue weighted by atomic mass is 19.4. The standard InChI is InChI=1S/C33H47F7O3/c1-21-23(19-24(41)20-26(21)34)11-10-22-9-6-17-30(5)25(22)12-13-27(30)29(4,15-7-14-28(2,3)42)16-8-18-31(43,32(35,36)37)33(38,39)40/h8,10-11,18,24-27,41-43H,1,6-7,9,12-17,19-20H2,2-5H3/b18-8-,22-10+,23-11-/t24?,25?,26-,27+,29-,30-/m0/s1. The summed E-state index contributed by atoms with van der Waals surface area (Å²) >= 11 is 0. The third-order valence-corrected chi connectivity index (χ3v) is 10.4. The monoisotopic (exact) mass is 624 g/mol. The van der Waals surface area contributed by atoms with Crippen molar-refractivity contribution in [1.82, 2.24) is 0 Å². The predicted octanol–water partition coefficient (Wildman–Crippen LogP) is 8.85. The van der Waals surface area contributed by atoms with Gasteiger partial charge in [0, 0.05) is 6.42 Å². The van der Waals surface area contributed by atoms with E-state index in [2.05, 4.69) is 13.5 Å². The van der Waals surface area contributed by atoms with E-state index in [9.17, 15) is 46.1 Å². The summed E-state index contributed by atoms with van der Waals surface area (Å²) in [4.78, 5) is 0. The molecule has 0 heterocycles. The normalized spacial score (nSPS) is 32.9. The quantitative estimate of drug-likeness (QED) is 0.177. The third kappa shape index (κ3) is 7.78. The summed E-state index contributed by atoms with van der Waals surface area (Å²) in [6, 6.07) is 0. The van der Waals surface area contributed by atoms with E-state index in [0.29, 0.717) is 36.8 Å². The molecule has 0 bridgehead atoms. The molecule has 3 N–H and O–H groups in total. The van der Waals surface area contributed by atoms with Crippen LogP contribution in [0.2, 0.25) is 0 Å². The number of hydrogen-bond donors (Lipinski definition) is 3. The van der Waals surface area contributed by atoms with Gasteiger partial charge in [-0.15, -0.1) is 0 Å².